The molecule has 106 valence electrons. The summed E-state index contributed by atoms with van der Waals surface area (Å²) in [5, 5.41) is 4.08. The average molecular weight is 310 g/mol. The first-order valence-corrected chi connectivity index (χ1v) is 7.62. The van der Waals surface area contributed by atoms with E-state index in [0.29, 0.717) is 11.4 Å². The molecule has 0 atom stereocenters. The van der Waals surface area contributed by atoms with Gasteiger partial charge in [0.1, 0.15) is 10.8 Å². The number of anilines is 1. The van der Waals surface area contributed by atoms with E-state index in [9.17, 15) is 8.42 Å². The van der Waals surface area contributed by atoms with E-state index >= 15 is 0 Å². The van der Waals surface area contributed by atoms with Crippen molar-refractivity contribution in [1.29, 1.82) is 0 Å². The summed E-state index contributed by atoms with van der Waals surface area (Å²) in [6.45, 7) is 1.78. The summed E-state index contributed by atoms with van der Waals surface area (Å²) in [4.78, 5) is 0.250. The van der Waals surface area contributed by atoms with E-state index in [-0.39, 0.29) is 9.88 Å². The number of sulfonamides is 1. The Morgan fingerprint density at radius 3 is 2.65 bits per heavy atom. The topological polar surface area (TPSA) is 90.0 Å². The molecule has 0 unspecified atom stereocenters. The second-order valence-corrected chi connectivity index (χ2v) is 6.41. The molecule has 0 aliphatic heterocycles. The van der Waals surface area contributed by atoms with Gasteiger partial charge in [0.2, 0.25) is 0 Å². The maximum Gasteiger partial charge on any atom is 0.263 e. The fourth-order valence-electron chi connectivity index (χ4n) is 1.72. The minimum atomic E-state index is -3.70. The third kappa shape index (κ3) is 2.97. The molecule has 1 aromatic heterocycles. The zero-order valence-electron chi connectivity index (χ0n) is 11.0. The highest BCUT2D eigenvalue weighted by Crippen LogP contribution is 2.17. The number of hydrogen-bond acceptors (Lipinski definition) is 4. The number of aromatic nitrogens is 2. The fourth-order valence-corrected chi connectivity index (χ4v) is 2.97. The van der Waals surface area contributed by atoms with Crippen LogP contribution < -0.4 is 10.5 Å². The molecule has 0 saturated heterocycles. The van der Waals surface area contributed by atoms with Gasteiger partial charge in [0.05, 0.1) is 10.6 Å². The number of benzene rings is 1. The Kier molecular flexibility index (Phi) is 3.78. The van der Waals surface area contributed by atoms with Gasteiger partial charge in [-0.15, -0.1) is 0 Å². The molecule has 1 aromatic carbocycles. The van der Waals surface area contributed by atoms with E-state index in [2.05, 4.69) is 9.82 Å². The monoisotopic (exact) mass is 310 g/mol. The number of nitrogens with zero attached hydrogens (tertiary/aromatic N) is 2. The van der Waals surface area contributed by atoms with E-state index in [1.54, 1.807) is 32.2 Å². The first-order chi connectivity index (χ1) is 9.29. The largest absolute Gasteiger partial charge is 0.389 e. The molecule has 0 fully saturated rings. The van der Waals surface area contributed by atoms with Gasteiger partial charge < -0.3 is 5.73 Å². The van der Waals surface area contributed by atoms with Gasteiger partial charge in [-0.2, -0.15) is 5.10 Å². The minimum absolute atomic E-state index is 0.0988. The van der Waals surface area contributed by atoms with Crippen molar-refractivity contribution in [3.63, 3.8) is 0 Å². The van der Waals surface area contributed by atoms with Gasteiger partial charge >= 0.3 is 0 Å². The van der Waals surface area contributed by atoms with Crippen molar-refractivity contribution in [3.05, 3.63) is 41.6 Å². The normalized spacial score (nSPS) is 11.3. The van der Waals surface area contributed by atoms with Crippen molar-refractivity contribution >= 4 is 33.0 Å². The molecule has 0 bridgehead atoms. The summed E-state index contributed by atoms with van der Waals surface area (Å²) in [6, 6.07) is 7.82. The third-order valence-electron chi connectivity index (χ3n) is 2.67. The second kappa shape index (κ2) is 5.22. The van der Waals surface area contributed by atoms with Crippen LogP contribution >= 0.6 is 12.2 Å². The van der Waals surface area contributed by atoms with Crippen molar-refractivity contribution in [2.45, 2.75) is 11.8 Å². The lowest BCUT2D eigenvalue weighted by atomic mass is 10.2. The van der Waals surface area contributed by atoms with Crippen LogP contribution in [0.5, 0.6) is 0 Å². The lowest BCUT2D eigenvalue weighted by molar-refractivity contribution is 0.600. The van der Waals surface area contributed by atoms with Gasteiger partial charge in [0, 0.05) is 18.7 Å². The Morgan fingerprint density at radius 2 is 2.10 bits per heavy atom. The second-order valence-electron chi connectivity index (χ2n) is 4.29. The zero-order chi connectivity index (χ0) is 14.9. The molecule has 0 aliphatic rings. The van der Waals surface area contributed by atoms with Gasteiger partial charge in [0.25, 0.3) is 10.0 Å². The summed E-state index contributed by atoms with van der Waals surface area (Å²) in [5.74, 6) is 0.392. The van der Waals surface area contributed by atoms with Gasteiger partial charge in [-0.05, 0) is 19.1 Å². The quantitative estimate of drug-likeness (QED) is 0.827. The Labute approximate surface area is 122 Å². The summed E-state index contributed by atoms with van der Waals surface area (Å²) in [7, 11) is -2.04. The SMILES string of the molecule is Cc1cc(NS(=O)(=O)c2cccc(C(N)=S)c2)n(C)n1. The number of nitrogens with one attached hydrogen (secondary N) is 1. The molecule has 1 heterocycles. The Morgan fingerprint density at radius 1 is 1.40 bits per heavy atom. The molecular weight excluding hydrogens is 296 g/mol. The number of aryl methyl sites for hydroxylation is 2. The zero-order valence-corrected chi connectivity index (χ0v) is 12.6. The summed E-state index contributed by atoms with van der Waals surface area (Å²) in [6.07, 6.45) is 0. The fraction of sp³-hybridized carbons (Fsp3) is 0.167. The number of nitrogens with two attached hydrogens (primary N) is 1. The van der Waals surface area contributed by atoms with E-state index in [1.165, 1.54) is 16.8 Å². The van der Waals surface area contributed by atoms with Crippen molar-refractivity contribution in [1.82, 2.24) is 9.78 Å². The van der Waals surface area contributed by atoms with Crippen molar-refractivity contribution in [2.24, 2.45) is 12.8 Å². The standard InChI is InChI=1S/C12H14N4O2S2/c1-8-6-11(16(2)14-8)15-20(17,18)10-5-3-4-9(7-10)12(13)19/h3-7,15H,1-2H3,(H2,13,19). The molecule has 8 heteroatoms. The van der Waals surface area contributed by atoms with Crippen molar-refractivity contribution in [3.8, 4) is 0 Å². The van der Waals surface area contributed by atoms with Gasteiger partial charge in [-0.3, -0.25) is 9.40 Å². The highest BCUT2D eigenvalue weighted by Gasteiger charge is 2.17. The van der Waals surface area contributed by atoms with Gasteiger partial charge in [-0.1, -0.05) is 24.4 Å². The van der Waals surface area contributed by atoms with Crippen LogP contribution in [-0.4, -0.2) is 23.2 Å². The molecule has 20 heavy (non-hydrogen) atoms. The van der Waals surface area contributed by atoms with E-state index < -0.39 is 10.0 Å². The van der Waals surface area contributed by atoms with Crippen molar-refractivity contribution < 1.29 is 8.42 Å². The molecule has 2 rings (SSSR count). The van der Waals surface area contributed by atoms with Crippen LogP contribution in [0.25, 0.3) is 0 Å². The molecule has 0 radical (unpaired) electrons. The maximum atomic E-state index is 12.3. The van der Waals surface area contributed by atoms with Crippen LogP contribution in [0.3, 0.4) is 0 Å². The summed E-state index contributed by atoms with van der Waals surface area (Å²) < 4.78 is 28.5. The van der Waals surface area contributed by atoms with Crippen LogP contribution in [0.4, 0.5) is 5.82 Å². The Hall–Kier alpha value is -1.93. The first kappa shape index (κ1) is 14.5. The molecule has 3 N–H and O–H groups in total. The minimum Gasteiger partial charge on any atom is -0.389 e. The van der Waals surface area contributed by atoms with Crippen LogP contribution in [0, 0.1) is 6.92 Å². The van der Waals surface area contributed by atoms with Gasteiger partial charge in [0.15, 0.2) is 0 Å². The molecule has 0 amide bonds. The predicted octanol–water partition coefficient (Wildman–Crippen LogP) is 1.16. The van der Waals surface area contributed by atoms with Crippen LogP contribution in [0.15, 0.2) is 35.2 Å². The van der Waals surface area contributed by atoms with Crippen molar-refractivity contribution in [2.75, 3.05) is 4.72 Å². The smallest absolute Gasteiger partial charge is 0.263 e. The molecule has 0 spiro atoms. The van der Waals surface area contributed by atoms with Crippen LogP contribution in [0.1, 0.15) is 11.3 Å². The maximum absolute atomic E-state index is 12.3. The lowest BCUT2D eigenvalue weighted by Gasteiger charge is -2.09. The number of hydrogen-bond donors (Lipinski definition) is 2. The summed E-state index contributed by atoms with van der Waals surface area (Å²) >= 11 is 4.85. The van der Waals surface area contributed by atoms with Crippen LogP contribution in [-0.2, 0) is 17.1 Å². The van der Waals surface area contributed by atoms with E-state index in [4.69, 9.17) is 18.0 Å². The molecule has 2 aromatic rings. The predicted molar refractivity (Wildman–Crippen MR) is 81.1 cm³/mol. The Bertz CT molecular complexity index is 766. The molecule has 0 aliphatic carbocycles. The molecule has 6 nitrogen and oxygen atoms in total. The molecular formula is C12H14N4O2S2. The number of thiocarbonyl (C=S) groups is 1. The highest BCUT2D eigenvalue weighted by molar-refractivity contribution is 7.92. The Balaban J connectivity index is 2.38. The van der Waals surface area contributed by atoms with Crippen LogP contribution in [0.2, 0.25) is 0 Å². The average Bonchev–Trinajstić information content (AvgIpc) is 2.67. The first-order valence-electron chi connectivity index (χ1n) is 5.73. The lowest BCUT2D eigenvalue weighted by Crippen LogP contribution is -2.16. The number of rotatable bonds is 4. The molecule has 0 saturated carbocycles. The van der Waals surface area contributed by atoms with E-state index in [0.717, 1.165) is 5.69 Å². The highest BCUT2D eigenvalue weighted by atomic mass is 32.2. The third-order valence-corrected chi connectivity index (χ3v) is 4.26. The van der Waals surface area contributed by atoms with E-state index in [1.807, 2.05) is 0 Å². The summed E-state index contributed by atoms with van der Waals surface area (Å²) in [5.41, 5.74) is 6.74. The van der Waals surface area contributed by atoms with Gasteiger partial charge in [-0.25, -0.2) is 8.42 Å².